The number of hydrogen-bond acceptors (Lipinski definition) is 5. The molecule has 2 aromatic rings. The third-order valence-electron chi connectivity index (χ3n) is 2.63. The molecule has 0 aliphatic carbocycles. The van der Waals surface area contributed by atoms with Crippen LogP contribution in [0.1, 0.15) is 19.3 Å². The van der Waals surface area contributed by atoms with Gasteiger partial charge in [0.1, 0.15) is 0 Å². The van der Waals surface area contributed by atoms with Crippen LogP contribution in [0.2, 0.25) is 0 Å². The maximum absolute atomic E-state index is 12.1. The zero-order valence-corrected chi connectivity index (χ0v) is 12.5. The lowest BCUT2D eigenvalue weighted by molar-refractivity contribution is 0.0425. The second kappa shape index (κ2) is 7.39. The highest BCUT2D eigenvalue weighted by atomic mass is 32.1. The van der Waals surface area contributed by atoms with Gasteiger partial charge < -0.3 is 11.1 Å². The van der Waals surface area contributed by atoms with E-state index in [1.54, 1.807) is 36.4 Å². The lowest BCUT2D eigenvalue weighted by atomic mass is 10.2. The van der Waals surface area contributed by atoms with Gasteiger partial charge in [0.2, 0.25) is 0 Å². The topological polar surface area (TPSA) is 93.4 Å². The van der Waals surface area contributed by atoms with E-state index in [0.717, 1.165) is 11.3 Å². The minimum absolute atomic E-state index is 0.206. The molecular weight excluding hydrogens is 302 g/mol. The summed E-state index contributed by atoms with van der Waals surface area (Å²) in [4.78, 5) is 29.5. The average molecular weight is 317 g/mol. The first-order chi connectivity index (χ1) is 10.6. The Morgan fingerprint density at radius 3 is 2.55 bits per heavy atom. The minimum Gasteiger partial charge on any atom is -0.397 e. The van der Waals surface area contributed by atoms with Crippen molar-refractivity contribution in [2.24, 2.45) is 0 Å². The van der Waals surface area contributed by atoms with Gasteiger partial charge in [-0.3, -0.25) is 14.4 Å². The van der Waals surface area contributed by atoms with Crippen molar-refractivity contribution in [3.05, 3.63) is 58.8 Å². The van der Waals surface area contributed by atoms with Gasteiger partial charge in [-0.2, -0.15) is 0 Å². The van der Waals surface area contributed by atoms with E-state index in [-0.39, 0.29) is 12.5 Å². The third kappa shape index (κ3) is 3.94. The Hall–Kier alpha value is -2.64. The Morgan fingerprint density at radius 2 is 1.86 bits per heavy atom. The van der Waals surface area contributed by atoms with Crippen molar-refractivity contribution in [2.45, 2.75) is 0 Å². The number of carbonyl (C=O) groups is 2. The monoisotopic (exact) mass is 317 g/mol. The van der Waals surface area contributed by atoms with Gasteiger partial charge in [-0.15, -0.1) is 17.9 Å². The van der Waals surface area contributed by atoms with Crippen LogP contribution in [0.4, 0.5) is 11.4 Å². The van der Waals surface area contributed by atoms with Crippen molar-refractivity contribution >= 4 is 34.5 Å². The molecule has 0 atom stereocenters. The Labute approximate surface area is 131 Å². The molecule has 0 spiro atoms. The lowest BCUT2D eigenvalue weighted by Crippen LogP contribution is -2.22. The van der Waals surface area contributed by atoms with Gasteiger partial charge in [-0.25, -0.2) is 5.48 Å². The van der Waals surface area contributed by atoms with Crippen LogP contribution in [0.15, 0.2) is 49.1 Å². The third-order valence-corrected chi connectivity index (χ3v) is 3.71. The van der Waals surface area contributed by atoms with Crippen LogP contribution in [-0.2, 0) is 4.84 Å². The predicted molar refractivity (Wildman–Crippen MR) is 86.7 cm³/mol. The standard InChI is InChI=1S/C15H15N3O3S/c1-2-9-21-18-15(20)13-8-7-12(22-13)14(19)17-11-6-4-3-5-10(11)16/h2-8H,1,9,16H2,(H,17,19)(H,18,20). The number of amides is 2. The maximum atomic E-state index is 12.1. The molecule has 1 heterocycles. The molecule has 1 aromatic heterocycles. The number of thiophene rings is 1. The summed E-state index contributed by atoms with van der Waals surface area (Å²) in [6, 6.07) is 10.1. The Morgan fingerprint density at radius 1 is 1.18 bits per heavy atom. The van der Waals surface area contributed by atoms with Gasteiger partial charge in [0, 0.05) is 0 Å². The summed E-state index contributed by atoms with van der Waals surface area (Å²) in [5.74, 6) is -0.737. The summed E-state index contributed by atoms with van der Waals surface area (Å²) < 4.78 is 0. The normalized spacial score (nSPS) is 10.0. The second-order valence-corrected chi connectivity index (χ2v) is 5.32. The summed E-state index contributed by atoms with van der Waals surface area (Å²) in [5.41, 5.74) is 9.03. The fourth-order valence-corrected chi connectivity index (χ4v) is 2.38. The van der Waals surface area contributed by atoms with Crippen molar-refractivity contribution in [2.75, 3.05) is 17.7 Å². The highest BCUT2D eigenvalue weighted by Crippen LogP contribution is 2.21. The zero-order chi connectivity index (χ0) is 15.9. The molecule has 4 N–H and O–H groups in total. The number of nitrogens with one attached hydrogen (secondary N) is 2. The highest BCUT2D eigenvalue weighted by Gasteiger charge is 2.14. The molecule has 0 unspecified atom stereocenters. The van der Waals surface area contributed by atoms with Gasteiger partial charge >= 0.3 is 0 Å². The van der Waals surface area contributed by atoms with Crippen LogP contribution in [0, 0.1) is 0 Å². The van der Waals surface area contributed by atoms with E-state index in [1.165, 1.54) is 6.08 Å². The molecule has 0 aliphatic rings. The number of para-hydroxylation sites is 2. The Kier molecular flexibility index (Phi) is 5.29. The van der Waals surface area contributed by atoms with Crippen LogP contribution in [0.5, 0.6) is 0 Å². The molecule has 22 heavy (non-hydrogen) atoms. The fraction of sp³-hybridized carbons (Fsp3) is 0.0667. The molecule has 0 radical (unpaired) electrons. The van der Waals surface area contributed by atoms with Crippen LogP contribution < -0.4 is 16.5 Å². The van der Waals surface area contributed by atoms with Crippen molar-refractivity contribution < 1.29 is 14.4 Å². The van der Waals surface area contributed by atoms with Gasteiger partial charge in [0.25, 0.3) is 11.8 Å². The van der Waals surface area contributed by atoms with Crippen molar-refractivity contribution in [3.8, 4) is 0 Å². The summed E-state index contributed by atoms with van der Waals surface area (Å²) >= 11 is 1.06. The number of rotatable bonds is 6. The van der Waals surface area contributed by atoms with Gasteiger partial charge in [0.05, 0.1) is 27.7 Å². The number of anilines is 2. The van der Waals surface area contributed by atoms with Crippen molar-refractivity contribution in [1.82, 2.24) is 5.48 Å². The number of nitrogens with two attached hydrogens (primary N) is 1. The predicted octanol–water partition coefficient (Wildman–Crippen LogP) is 2.43. The molecule has 0 fully saturated rings. The smallest absolute Gasteiger partial charge is 0.284 e. The van der Waals surface area contributed by atoms with Crippen LogP contribution in [0.3, 0.4) is 0 Å². The first kappa shape index (κ1) is 15.7. The lowest BCUT2D eigenvalue weighted by Gasteiger charge is -2.06. The first-order valence-corrected chi connectivity index (χ1v) is 7.22. The van der Waals surface area contributed by atoms with Gasteiger partial charge in [0.15, 0.2) is 0 Å². The number of hydrogen-bond donors (Lipinski definition) is 3. The number of nitrogen functional groups attached to an aromatic ring is 1. The highest BCUT2D eigenvalue weighted by molar-refractivity contribution is 7.16. The fourth-order valence-electron chi connectivity index (χ4n) is 1.59. The molecule has 6 nitrogen and oxygen atoms in total. The molecule has 0 saturated carbocycles. The van der Waals surface area contributed by atoms with Crippen LogP contribution >= 0.6 is 11.3 Å². The Bertz CT molecular complexity index is 697. The molecular formula is C15H15N3O3S. The molecule has 2 rings (SSSR count). The van der Waals surface area contributed by atoms with E-state index in [2.05, 4.69) is 17.4 Å². The van der Waals surface area contributed by atoms with E-state index in [0.29, 0.717) is 21.1 Å². The molecule has 7 heteroatoms. The second-order valence-electron chi connectivity index (χ2n) is 4.24. The maximum Gasteiger partial charge on any atom is 0.284 e. The van der Waals surface area contributed by atoms with E-state index in [1.807, 2.05) is 0 Å². The van der Waals surface area contributed by atoms with E-state index in [4.69, 9.17) is 10.6 Å². The SMILES string of the molecule is C=CCONC(=O)c1ccc(C(=O)Nc2ccccc2N)s1. The van der Waals surface area contributed by atoms with E-state index < -0.39 is 5.91 Å². The van der Waals surface area contributed by atoms with Crippen LogP contribution in [0.25, 0.3) is 0 Å². The quantitative estimate of drug-likeness (QED) is 0.330. The van der Waals surface area contributed by atoms with Crippen molar-refractivity contribution in [1.29, 1.82) is 0 Å². The van der Waals surface area contributed by atoms with E-state index >= 15 is 0 Å². The molecule has 2 amide bonds. The summed E-state index contributed by atoms with van der Waals surface area (Å²) in [6.45, 7) is 3.67. The summed E-state index contributed by atoms with van der Waals surface area (Å²) in [5, 5.41) is 2.70. The summed E-state index contributed by atoms with van der Waals surface area (Å²) in [6.07, 6.45) is 1.51. The molecule has 1 aromatic carbocycles. The number of benzene rings is 1. The van der Waals surface area contributed by atoms with Crippen molar-refractivity contribution in [3.63, 3.8) is 0 Å². The number of hydroxylamine groups is 1. The minimum atomic E-state index is -0.412. The largest absolute Gasteiger partial charge is 0.397 e. The van der Waals surface area contributed by atoms with Gasteiger partial charge in [-0.1, -0.05) is 18.2 Å². The molecule has 114 valence electrons. The zero-order valence-electron chi connectivity index (χ0n) is 11.7. The average Bonchev–Trinajstić information content (AvgIpc) is 3.00. The van der Waals surface area contributed by atoms with Crippen LogP contribution in [-0.4, -0.2) is 18.4 Å². The molecule has 0 saturated heterocycles. The summed E-state index contributed by atoms with van der Waals surface area (Å²) in [7, 11) is 0. The first-order valence-electron chi connectivity index (χ1n) is 6.40. The molecule has 0 bridgehead atoms. The van der Waals surface area contributed by atoms with Gasteiger partial charge in [-0.05, 0) is 24.3 Å². The van der Waals surface area contributed by atoms with E-state index in [9.17, 15) is 9.59 Å². The number of carbonyl (C=O) groups excluding carboxylic acids is 2. The Balaban J connectivity index is 2.01. The molecule has 0 aliphatic heterocycles.